The third-order valence-corrected chi connectivity index (χ3v) is 7.09. The first-order valence-corrected chi connectivity index (χ1v) is 13.3. The van der Waals surface area contributed by atoms with Crippen LogP contribution in [-0.4, -0.2) is 58.1 Å². The van der Waals surface area contributed by atoms with Gasteiger partial charge in [0.25, 0.3) is 5.91 Å². The van der Waals surface area contributed by atoms with Gasteiger partial charge < -0.3 is 20.0 Å². The zero-order valence-electron chi connectivity index (χ0n) is 21.3. The maximum atomic E-state index is 13.3. The number of benzene rings is 1. The molecule has 0 bridgehead atoms. The third kappa shape index (κ3) is 7.36. The molecule has 2 aliphatic rings. The number of aryl methyl sites for hydroxylation is 1. The van der Waals surface area contributed by atoms with Gasteiger partial charge in [-0.05, 0) is 62.6 Å². The number of halogens is 1. The van der Waals surface area contributed by atoms with Crippen molar-refractivity contribution < 1.29 is 24.2 Å². The minimum absolute atomic E-state index is 0.00763. The molecule has 1 atom stereocenters. The number of nitrogens with zero attached hydrogens (tertiary/aromatic N) is 2. The van der Waals surface area contributed by atoms with Crippen molar-refractivity contribution in [2.24, 2.45) is 0 Å². The summed E-state index contributed by atoms with van der Waals surface area (Å²) >= 11 is 6.49. The number of carbonyl (C=O) groups excluding carboxylic acids is 2. The smallest absolute Gasteiger partial charge is 0.339 e. The van der Waals surface area contributed by atoms with Crippen LogP contribution >= 0.6 is 11.6 Å². The molecule has 0 radical (unpaired) electrons. The van der Waals surface area contributed by atoms with E-state index in [1.807, 2.05) is 19.1 Å². The predicted molar refractivity (Wildman–Crippen MR) is 142 cm³/mol. The number of carbonyl (C=O) groups is 2. The molecule has 8 heteroatoms. The van der Waals surface area contributed by atoms with Crippen LogP contribution < -0.4 is 0 Å². The molecule has 1 aromatic carbocycles. The van der Waals surface area contributed by atoms with Crippen LogP contribution in [-0.2, 0) is 16.0 Å². The summed E-state index contributed by atoms with van der Waals surface area (Å²) in [7, 11) is 0. The average molecular weight is 517 g/mol. The summed E-state index contributed by atoms with van der Waals surface area (Å²) in [6.07, 6.45) is 14.0. The normalized spacial score (nSPS) is 22.7. The lowest BCUT2D eigenvalue weighted by Crippen LogP contribution is -2.40. The summed E-state index contributed by atoms with van der Waals surface area (Å²) in [4.78, 5) is 27.9. The van der Waals surface area contributed by atoms with Gasteiger partial charge in [0.1, 0.15) is 11.9 Å². The fourth-order valence-corrected chi connectivity index (χ4v) is 4.92. The summed E-state index contributed by atoms with van der Waals surface area (Å²) in [5.41, 5.74) is 1.39. The number of hydroxylamine groups is 1. The molecule has 7 nitrogen and oxygen atoms in total. The Kier molecular flexibility index (Phi) is 10.4. The summed E-state index contributed by atoms with van der Waals surface area (Å²) in [5.74, 6) is -0.910. The molecule has 0 spiro atoms. The Bertz CT molecular complexity index is 1040. The zero-order chi connectivity index (χ0) is 26.1. The van der Waals surface area contributed by atoms with Crippen LogP contribution in [0.15, 0.2) is 30.4 Å². The highest BCUT2D eigenvalue weighted by atomic mass is 35.5. The van der Waals surface area contributed by atoms with Gasteiger partial charge in [-0.1, -0.05) is 43.2 Å². The minimum atomic E-state index is -0.529. The number of allylic oxidation sites excluding steroid dienone is 3. The molecular formula is C28H37ClN2O5. The molecule has 1 fully saturated rings. The number of piperidine rings is 1. The Labute approximate surface area is 218 Å². The number of hydrogen-bond acceptors (Lipinski definition) is 5. The van der Waals surface area contributed by atoms with Crippen LogP contribution in [0, 0.1) is 12.1 Å². The van der Waals surface area contributed by atoms with Gasteiger partial charge >= 0.3 is 5.97 Å². The van der Waals surface area contributed by atoms with Gasteiger partial charge in [-0.2, -0.15) is 4.74 Å². The van der Waals surface area contributed by atoms with Crippen molar-refractivity contribution in [1.29, 1.82) is 0 Å². The average Bonchev–Trinajstić information content (AvgIpc) is 2.85. The maximum absolute atomic E-state index is 13.3. The number of aromatic hydroxyl groups is 1. The second-order valence-corrected chi connectivity index (χ2v) is 9.91. The first-order chi connectivity index (χ1) is 17.3. The summed E-state index contributed by atoms with van der Waals surface area (Å²) < 4.78 is 6.55. The van der Waals surface area contributed by atoms with Gasteiger partial charge in [0.05, 0.1) is 17.0 Å². The van der Waals surface area contributed by atoms with E-state index in [2.05, 4.69) is 6.08 Å². The predicted octanol–water partition coefficient (Wildman–Crippen LogP) is 5.48. The van der Waals surface area contributed by atoms with E-state index in [4.69, 9.17) is 16.3 Å². The molecular weight excluding hydrogens is 480 g/mol. The molecule has 0 saturated carbocycles. The molecule has 0 aromatic heterocycles. The highest BCUT2D eigenvalue weighted by molar-refractivity contribution is 6.33. The topological polar surface area (TPSA) is 92.9 Å². The van der Waals surface area contributed by atoms with E-state index in [0.717, 1.165) is 38.5 Å². The standard InChI is InChI=1S/C28H37ClN2O5/c1-3-12-22-14-9-6-4-5-8-13-21(31(35)19-25(33)30-15-10-7-11-16-30)18-23-26(28(34)36-22)20(2)17-24(32)27(23)29/h6,8-9,13,17,22,32H,3-5,7,10-12,14-16,18-19H2,1-2H3/b9-6+,13-8+,31-21-. The van der Waals surface area contributed by atoms with Crippen molar-refractivity contribution in [3.63, 3.8) is 0 Å². The van der Waals surface area contributed by atoms with Crippen LogP contribution in [0.4, 0.5) is 0 Å². The van der Waals surface area contributed by atoms with Gasteiger partial charge in [0.15, 0.2) is 5.71 Å². The SMILES string of the molecule is CCCC1C/C=C/CC/C=C/C(=[N+](/[O-])CC(=O)N2CCCCC2)Cc2c(Cl)c(O)cc(C)c2C(=O)O1. The van der Waals surface area contributed by atoms with Crippen LogP contribution in [0.2, 0.25) is 5.02 Å². The number of likely N-dealkylation sites (tertiary alicyclic amines) is 1. The van der Waals surface area contributed by atoms with Crippen LogP contribution in [0.1, 0.15) is 79.8 Å². The fourth-order valence-electron chi connectivity index (χ4n) is 4.71. The van der Waals surface area contributed by atoms with Crippen molar-refractivity contribution in [2.75, 3.05) is 19.6 Å². The van der Waals surface area contributed by atoms with Gasteiger partial charge in [0.2, 0.25) is 6.54 Å². The Morgan fingerprint density at radius 3 is 2.67 bits per heavy atom. The summed E-state index contributed by atoms with van der Waals surface area (Å²) in [6, 6.07) is 1.44. The van der Waals surface area contributed by atoms with E-state index in [1.165, 1.54) is 6.07 Å². The monoisotopic (exact) mass is 516 g/mol. The van der Waals surface area contributed by atoms with E-state index in [0.29, 0.717) is 47.5 Å². The molecule has 1 aromatic rings. The number of esters is 1. The van der Waals surface area contributed by atoms with Gasteiger partial charge in [0, 0.05) is 25.6 Å². The Morgan fingerprint density at radius 1 is 1.22 bits per heavy atom. The molecule has 2 aliphatic heterocycles. The number of phenolic OH excluding ortho intramolecular Hbond substituents is 1. The first kappa shape index (κ1) is 27.8. The molecule has 1 saturated heterocycles. The Balaban J connectivity index is 2.02. The number of cyclic esters (lactones) is 1. The molecule has 1 unspecified atom stereocenters. The summed E-state index contributed by atoms with van der Waals surface area (Å²) in [5, 5.41) is 23.7. The number of amides is 1. The molecule has 3 rings (SSSR count). The molecule has 2 heterocycles. The first-order valence-electron chi connectivity index (χ1n) is 12.9. The van der Waals surface area contributed by atoms with Crippen molar-refractivity contribution in [2.45, 2.75) is 77.7 Å². The highest BCUT2D eigenvalue weighted by Gasteiger charge is 2.27. The molecule has 1 amide bonds. The fraction of sp³-hybridized carbons (Fsp3) is 0.536. The lowest BCUT2D eigenvalue weighted by molar-refractivity contribution is -0.447. The van der Waals surface area contributed by atoms with E-state index in [-0.39, 0.29) is 41.3 Å². The second kappa shape index (κ2) is 13.5. The van der Waals surface area contributed by atoms with Crippen LogP contribution in [0.25, 0.3) is 0 Å². The van der Waals surface area contributed by atoms with E-state index in [1.54, 1.807) is 17.9 Å². The van der Waals surface area contributed by atoms with E-state index >= 15 is 0 Å². The molecule has 0 aliphatic carbocycles. The van der Waals surface area contributed by atoms with E-state index < -0.39 is 5.97 Å². The van der Waals surface area contributed by atoms with Crippen LogP contribution in [0.5, 0.6) is 5.75 Å². The van der Waals surface area contributed by atoms with Crippen LogP contribution in [0.3, 0.4) is 0 Å². The number of ether oxygens (including phenoxy) is 1. The van der Waals surface area contributed by atoms with Crippen molar-refractivity contribution in [1.82, 2.24) is 4.90 Å². The van der Waals surface area contributed by atoms with Crippen molar-refractivity contribution in [3.05, 3.63) is 57.3 Å². The highest BCUT2D eigenvalue weighted by Crippen LogP contribution is 2.34. The maximum Gasteiger partial charge on any atom is 0.339 e. The number of fused-ring (bicyclic) bond motifs is 1. The largest absolute Gasteiger partial charge is 0.623 e. The third-order valence-electron chi connectivity index (χ3n) is 6.67. The lowest BCUT2D eigenvalue weighted by atomic mass is 9.96. The summed E-state index contributed by atoms with van der Waals surface area (Å²) in [6.45, 7) is 4.76. The number of hydrogen-bond donors (Lipinski definition) is 1. The zero-order valence-corrected chi connectivity index (χ0v) is 22.1. The number of phenols is 1. The molecule has 196 valence electrons. The quantitative estimate of drug-likeness (QED) is 0.188. The van der Waals surface area contributed by atoms with Gasteiger partial charge in [-0.3, -0.25) is 4.79 Å². The molecule has 36 heavy (non-hydrogen) atoms. The van der Waals surface area contributed by atoms with E-state index in [9.17, 15) is 19.9 Å². The Morgan fingerprint density at radius 2 is 1.94 bits per heavy atom. The minimum Gasteiger partial charge on any atom is -0.623 e. The van der Waals surface area contributed by atoms with Crippen molar-refractivity contribution in [3.8, 4) is 5.75 Å². The van der Waals surface area contributed by atoms with Gasteiger partial charge in [-0.15, -0.1) is 0 Å². The van der Waals surface area contributed by atoms with Gasteiger partial charge in [-0.25, -0.2) is 4.79 Å². The second-order valence-electron chi connectivity index (χ2n) is 9.53. The Hall–Kier alpha value is -2.80. The lowest BCUT2D eigenvalue weighted by Gasteiger charge is -2.26. The molecule has 1 N–H and O–H groups in total. The number of rotatable bonds is 4. The van der Waals surface area contributed by atoms with Crippen molar-refractivity contribution >= 4 is 29.2 Å².